The van der Waals surface area contributed by atoms with Crippen LogP contribution in [0.1, 0.15) is 0 Å². The molecule has 0 saturated carbocycles. The number of nitrogens with zero attached hydrogens (tertiary/aromatic N) is 4. The van der Waals surface area contributed by atoms with Crippen LogP contribution in [0.2, 0.25) is 0 Å². The fraction of sp³-hybridized carbons (Fsp3) is 0. The predicted molar refractivity (Wildman–Crippen MR) is 128 cm³/mol. The summed E-state index contributed by atoms with van der Waals surface area (Å²) >= 11 is 6.76. The molecule has 3 aromatic carbocycles. The minimum Gasteiger partial charge on any atom is -0.267 e. The van der Waals surface area contributed by atoms with Crippen LogP contribution < -0.4 is 22.2 Å². The van der Waals surface area contributed by atoms with Gasteiger partial charge in [0.05, 0.1) is 43.6 Å². The minimum atomic E-state index is -0.484. The van der Waals surface area contributed by atoms with Crippen LogP contribution in [0.3, 0.4) is 0 Å². The van der Waals surface area contributed by atoms with Crippen LogP contribution in [0.5, 0.6) is 0 Å². The average Bonchev–Trinajstić information content (AvgIpc) is 3.43. The average molecular weight is 552 g/mol. The summed E-state index contributed by atoms with van der Waals surface area (Å²) in [5, 5.41) is 1.34. The maximum atomic E-state index is 13.3. The molecule has 0 fully saturated rings. The van der Waals surface area contributed by atoms with Crippen molar-refractivity contribution in [1.82, 2.24) is 18.1 Å². The molecule has 7 aromatic rings. The topological polar surface area (TPSA) is 85.9 Å². The summed E-state index contributed by atoms with van der Waals surface area (Å²) in [4.78, 5) is 52.6. The summed E-state index contributed by atoms with van der Waals surface area (Å²) in [6, 6.07) is 13.7. The van der Waals surface area contributed by atoms with Crippen LogP contribution in [0, 0.1) is 0 Å². The Morgan fingerprint density at radius 2 is 0.906 bits per heavy atom. The molecule has 0 bridgehead atoms. The molecule has 0 saturated heterocycles. The lowest BCUT2D eigenvalue weighted by Gasteiger charge is -1.98. The first-order valence-corrected chi connectivity index (χ1v) is 11.1. The summed E-state index contributed by atoms with van der Waals surface area (Å²) in [7, 11) is 0. The Bertz CT molecular complexity index is 2050. The van der Waals surface area contributed by atoms with E-state index in [4.69, 9.17) is 0 Å². The third-order valence-corrected chi connectivity index (χ3v) is 7.39. The summed E-state index contributed by atoms with van der Waals surface area (Å²) < 4.78 is 6.38. The zero-order valence-electron chi connectivity index (χ0n) is 15.8. The normalized spacial score (nSPS) is 12.6. The second-order valence-electron chi connectivity index (χ2n) is 7.62. The van der Waals surface area contributed by atoms with E-state index in [-0.39, 0.29) is 10.8 Å². The molecular formula is C22H8Br2N4O4. The van der Waals surface area contributed by atoms with Gasteiger partial charge >= 0.3 is 0 Å². The first-order valence-electron chi connectivity index (χ1n) is 9.53. The molecular weight excluding hydrogens is 544 g/mol. The van der Waals surface area contributed by atoms with Gasteiger partial charge in [-0.1, -0.05) is 12.1 Å². The Kier molecular flexibility index (Phi) is 3.19. The van der Waals surface area contributed by atoms with Crippen LogP contribution in [0.4, 0.5) is 0 Å². The molecule has 32 heavy (non-hydrogen) atoms. The quantitative estimate of drug-likeness (QED) is 0.290. The second-order valence-corrected chi connectivity index (χ2v) is 9.33. The van der Waals surface area contributed by atoms with Crippen molar-refractivity contribution in [3.8, 4) is 0 Å². The van der Waals surface area contributed by atoms with Gasteiger partial charge in [-0.15, -0.1) is 0 Å². The SMILES string of the molecule is O=c1c2cc3c(cc2n2c4cccc(Br)c4c(=O)n12)c(=O)n1c(=O)c2c(Br)cccc2n31. The zero-order chi connectivity index (χ0) is 22.0. The standard InChI is InChI=1S/C22H8Br2N4O4/c23-11-3-1-5-13-17(11)21(31)27-19(29)9-8-16-10(7-15(9)25(13)27)20(30)28-22(32)18-12(24)4-2-6-14(18)26(16)28/h1-8H. The summed E-state index contributed by atoms with van der Waals surface area (Å²) in [6.07, 6.45) is 0. The monoisotopic (exact) mass is 550 g/mol. The molecule has 0 aliphatic rings. The second kappa shape index (κ2) is 5.64. The highest BCUT2D eigenvalue weighted by Crippen LogP contribution is 2.27. The fourth-order valence-electron chi connectivity index (χ4n) is 4.75. The molecule has 4 aromatic heterocycles. The molecule has 0 radical (unpaired) electrons. The van der Waals surface area contributed by atoms with Crippen molar-refractivity contribution in [2.45, 2.75) is 0 Å². The molecule has 0 aliphatic heterocycles. The van der Waals surface area contributed by atoms with Gasteiger partial charge in [-0.25, -0.2) is 9.03 Å². The van der Waals surface area contributed by atoms with E-state index >= 15 is 0 Å². The van der Waals surface area contributed by atoms with E-state index in [9.17, 15) is 19.2 Å². The number of fused-ring (bicyclic) bond motifs is 10. The maximum absolute atomic E-state index is 13.3. The highest BCUT2D eigenvalue weighted by molar-refractivity contribution is 9.11. The van der Waals surface area contributed by atoms with E-state index < -0.39 is 22.2 Å². The van der Waals surface area contributed by atoms with Gasteiger partial charge in [0.25, 0.3) is 22.2 Å². The van der Waals surface area contributed by atoms with Crippen molar-refractivity contribution < 1.29 is 0 Å². The van der Waals surface area contributed by atoms with E-state index in [2.05, 4.69) is 31.9 Å². The van der Waals surface area contributed by atoms with Gasteiger partial charge in [0, 0.05) is 8.95 Å². The Labute approximate surface area is 192 Å². The Morgan fingerprint density at radius 1 is 0.500 bits per heavy atom. The third-order valence-electron chi connectivity index (χ3n) is 6.07. The molecule has 0 amide bonds. The van der Waals surface area contributed by atoms with Gasteiger partial charge in [0.15, 0.2) is 0 Å². The lowest BCUT2D eigenvalue weighted by Crippen LogP contribution is -2.21. The zero-order valence-corrected chi connectivity index (χ0v) is 19.0. The Balaban J connectivity index is 1.80. The highest BCUT2D eigenvalue weighted by Gasteiger charge is 2.23. The van der Waals surface area contributed by atoms with Gasteiger partial charge in [-0.05, 0) is 68.3 Å². The number of aromatic nitrogens is 4. The first-order chi connectivity index (χ1) is 15.4. The van der Waals surface area contributed by atoms with Gasteiger partial charge in [-0.3, -0.25) is 19.2 Å². The number of benzene rings is 3. The van der Waals surface area contributed by atoms with Crippen molar-refractivity contribution in [2.24, 2.45) is 0 Å². The molecule has 0 atom stereocenters. The molecule has 0 N–H and O–H groups in total. The van der Waals surface area contributed by atoms with Crippen molar-refractivity contribution in [1.29, 1.82) is 0 Å². The van der Waals surface area contributed by atoms with Crippen molar-refractivity contribution >= 4 is 75.5 Å². The van der Waals surface area contributed by atoms with E-state index in [1.54, 1.807) is 48.5 Å². The molecule has 0 spiro atoms. The van der Waals surface area contributed by atoms with Crippen molar-refractivity contribution in [2.75, 3.05) is 0 Å². The summed E-state index contributed by atoms with van der Waals surface area (Å²) in [5.74, 6) is 0. The molecule has 8 nitrogen and oxygen atoms in total. The highest BCUT2D eigenvalue weighted by atomic mass is 79.9. The molecule has 154 valence electrons. The fourth-order valence-corrected chi connectivity index (χ4v) is 5.80. The first kappa shape index (κ1) is 18.1. The van der Waals surface area contributed by atoms with Gasteiger partial charge in [0.2, 0.25) is 0 Å². The van der Waals surface area contributed by atoms with E-state index in [1.165, 1.54) is 9.03 Å². The van der Waals surface area contributed by atoms with Gasteiger partial charge in [-0.2, -0.15) is 9.03 Å². The molecule has 0 aliphatic carbocycles. The van der Waals surface area contributed by atoms with Crippen molar-refractivity contribution in [3.63, 3.8) is 0 Å². The molecule has 10 heteroatoms. The lowest BCUT2D eigenvalue weighted by atomic mass is 10.2. The Hall–Kier alpha value is -3.50. The number of rotatable bonds is 0. The van der Waals surface area contributed by atoms with Crippen LogP contribution in [0.15, 0.2) is 76.7 Å². The number of halogens is 2. The summed E-state index contributed by atoms with van der Waals surface area (Å²) in [5.41, 5.74) is 0.109. The van der Waals surface area contributed by atoms with Gasteiger partial charge in [0.1, 0.15) is 0 Å². The maximum Gasteiger partial charge on any atom is 0.283 e. The van der Waals surface area contributed by atoms with Crippen LogP contribution >= 0.6 is 31.9 Å². The Morgan fingerprint density at radius 3 is 1.31 bits per heavy atom. The smallest absolute Gasteiger partial charge is 0.267 e. The molecule has 4 heterocycles. The van der Waals surface area contributed by atoms with E-state index in [0.29, 0.717) is 41.8 Å². The lowest BCUT2D eigenvalue weighted by molar-refractivity contribution is 0.839. The summed E-state index contributed by atoms with van der Waals surface area (Å²) in [6.45, 7) is 0. The number of hydrogen-bond donors (Lipinski definition) is 0. The minimum absolute atomic E-state index is 0.285. The van der Waals surface area contributed by atoms with Crippen LogP contribution in [-0.2, 0) is 0 Å². The van der Waals surface area contributed by atoms with Crippen molar-refractivity contribution in [3.05, 3.63) is 98.9 Å². The molecule has 7 rings (SSSR count). The third kappa shape index (κ3) is 1.85. The van der Waals surface area contributed by atoms with Crippen LogP contribution in [0.25, 0.3) is 43.6 Å². The molecule has 0 unspecified atom stereocenters. The largest absolute Gasteiger partial charge is 0.283 e. The number of hydrogen-bond acceptors (Lipinski definition) is 4. The van der Waals surface area contributed by atoms with Crippen LogP contribution in [-0.4, -0.2) is 18.1 Å². The predicted octanol–water partition coefficient (Wildman–Crippen LogP) is 2.85. The van der Waals surface area contributed by atoms with Gasteiger partial charge < -0.3 is 0 Å². The van der Waals surface area contributed by atoms with E-state index in [0.717, 1.165) is 9.03 Å². The van der Waals surface area contributed by atoms with E-state index in [1.807, 2.05) is 0 Å².